The molecule has 1 rings (SSSR count). The number of amides is 2. The van der Waals surface area contributed by atoms with Crippen LogP contribution < -0.4 is 21.3 Å². The highest BCUT2D eigenvalue weighted by Gasteiger charge is 2.17. The lowest BCUT2D eigenvalue weighted by atomic mass is 10.1. The Kier molecular flexibility index (Phi) is 6.17. The minimum atomic E-state index is -0.600. The van der Waals surface area contributed by atoms with E-state index < -0.39 is 6.04 Å². The summed E-state index contributed by atoms with van der Waals surface area (Å²) in [5.74, 6) is -0.563. The molecule has 0 fully saturated rings. The molecule has 0 heterocycles. The predicted octanol–water partition coefficient (Wildman–Crippen LogP) is 0.791. The van der Waals surface area contributed by atoms with Crippen LogP contribution in [0.5, 0.6) is 0 Å². The van der Waals surface area contributed by atoms with E-state index >= 15 is 0 Å². The molecule has 0 bridgehead atoms. The monoisotopic (exact) mass is 292 g/mol. The summed E-state index contributed by atoms with van der Waals surface area (Å²) in [6.45, 7) is 3.63. The summed E-state index contributed by atoms with van der Waals surface area (Å²) in [6.07, 6.45) is 0. The highest BCUT2D eigenvalue weighted by Crippen LogP contribution is 2.15. The Morgan fingerprint density at radius 1 is 1.19 bits per heavy atom. The SMILES string of the molecule is CC(C)[C@H](N)C(=O)NCC(=O)Nc1ccc(N(C)C)cc1. The van der Waals surface area contributed by atoms with Gasteiger partial charge in [0, 0.05) is 25.5 Å². The van der Waals surface area contributed by atoms with Crippen LogP contribution in [0.3, 0.4) is 0 Å². The Morgan fingerprint density at radius 2 is 1.76 bits per heavy atom. The molecular weight excluding hydrogens is 268 g/mol. The second kappa shape index (κ2) is 7.64. The molecule has 0 aliphatic heterocycles. The number of carbonyl (C=O) groups is 2. The van der Waals surface area contributed by atoms with Gasteiger partial charge in [-0.25, -0.2) is 0 Å². The van der Waals surface area contributed by atoms with Crippen molar-refractivity contribution in [1.82, 2.24) is 5.32 Å². The van der Waals surface area contributed by atoms with Crippen molar-refractivity contribution in [2.24, 2.45) is 11.7 Å². The van der Waals surface area contributed by atoms with Crippen LogP contribution in [0, 0.1) is 5.92 Å². The number of nitrogens with zero attached hydrogens (tertiary/aromatic N) is 1. The van der Waals surface area contributed by atoms with Crippen molar-refractivity contribution in [3.63, 3.8) is 0 Å². The summed E-state index contributed by atoms with van der Waals surface area (Å²) in [5, 5.41) is 5.25. The third-order valence-corrected chi connectivity index (χ3v) is 3.11. The van der Waals surface area contributed by atoms with Gasteiger partial charge in [-0.05, 0) is 30.2 Å². The Bertz CT molecular complexity index is 483. The molecule has 116 valence electrons. The van der Waals surface area contributed by atoms with Crippen LogP contribution in [0.2, 0.25) is 0 Å². The van der Waals surface area contributed by atoms with Crippen LogP contribution in [-0.4, -0.2) is 38.5 Å². The van der Waals surface area contributed by atoms with Gasteiger partial charge in [-0.3, -0.25) is 9.59 Å². The van der Waals surface area contributed by atoms with Crippen molar-refractivity contribution < 1.29 is 9.59 Å². The van der Waals surface area contributed by atoms with E-state index in [4.69, 9.17) is 5.73 Å². The van der Waals surface area contributed by atoms with E-state index in [1.807, 2.05) is 57.1 Å². The Hall–Kier alpha value is -2.08. The van der Waals surface area contributed by atoms with Crippen LogP contribution in [0.4, 0.5) is 11.4 Å². The van der Waals surface area contributed by atoms with E-state index in [1.54, 1.807) is 0 Å². The highest BCUT2D eigenvalue weighted by molar-refractivity contribution is 5.95. The van der Waals surface area contributed by atoms with Crippen LogP contribution in [0.15, 0.2) is 24.3 Å². The molecule has 4 N–H and O–H groups in total. The van der Waals surface area contributed by atoms with Gasteiger partial charge < -0.3 is 21.3 Å². The van der Waals surface area contributed by atoms with Crippen molar-refractivity contribution in [1.29, 1.82) is 0 Å². The molecule has 0 aromatic heterocycles. The van der Waals surface area contributed by atoms with Gasteiger partial charge in [-0.1, -0.05) is 13.8 Å². The zero-order chi connectivity index (χ0) is 16.0. The number of rotatable bonds is 6. The number of benzene rings is 1. The maximum Gasteiger partial charge on any atom is 0.243 e. The Labute approximate surface area is 125 Å². The normalized spacial score (nSPS) is 11.9. The number of nitrogens with one attached hydrogen (secondary N) is 2. The summed E-state index contributed by atoms with van der Waals surface area (Å²) >= 11 is 0. The molecule has 0 radical (unpaired) electrons. The van der Waals surface area contributed by atoms with Gasteiger partial charge in [0.15, 0.2) is 0 Å². The van der Waals surface area contributed by atoms with Crippen LogP contribution in [-0.2, 0) is 9.59 Å². The molecule has 0 saturated heterocycles. The minimum absolute atomic E-state index is 0.0339. The maximum atomic E-state index is 11.8. The third kappa shape index (κ3) is 5.43. The number of hydrogen-bond acceptors (Lipinski definition) is 4. The largest absolute Gasteiger partial charge is 0.378 e. The van der Waals surface area contributed by atoms with Gasteiger partial charge in [-0.15, -0.1) is 0 Å². The van der Waals surface area contributed by atoms with Gasteiger partial charge in [0.2, 0.25) is 11.8 Å². The molecule has 2 amide bonds. The first-order valence-electron chi connectivity index (χ1n) is 6.91. The topological polar surface area (TPSA) is 87.5 Å². The first-order valence-corrected chi connectivity index (χ1v) is 6.91. The van der Waals surface area contributed by atoms with Crippen molar-refractivity contribution in [3.05, 3.63) is 24.3 Å². The average Bonchev–Trinajstić information content (AvgIpc) is 2.44. The van der Waals surface area contributed by atoms with Gasteiger partial charge >= 0.3 is 0 Å². The molecule has 0 spiro atoms. The molecule has 6 nitrogen and oxygen atoms in total. The Morgan fingerprint density at radius 3 is 2.24 bits per heavy atom. The lowest BCUT2D eigenvalue weighted by molar-refractivity contribution is -0.125. The van der Waals surface area contributed by atoms with E-state index in [1.165, 1.54) is 0 Å². The number of anilines is 2. The van der Waals surface area contributed by atoms with Gasteiger partial charge in [0.1, 0.15) is 0 Å². The lowest BCUT2D eigenvalue weighted by Gasteiger charge is -2.15. The standard InChI is InChI=1S/C15H24N4O2/c1-10(2)14(16)15(21)17-9-13(20)18-11-5-7-12(8-6-11)19(3)4/h5-8,10,14H,9,16H2,1-4H3,(H,17,21)(H,18,20)/t14-/m0/s1. The maximum absolute atomic E-state index is 11.8. The van der Waals surface area contributed by atoms with E-state index in [2.05, 4.69) is 10.6 Å². The summed E-state index contributed by atoms with van der Waals surface area (Å²) in [7, 11) is 3.89. The average molecular weight is 292 g/mol. The molecule has 0 unspecified atom stereocenters. The van der Waals surface area contributed by atoms with Crippen molar-refractivity contribution in [2.45, 2.75) is 19.9 Å². The fraction of sp³-hybridized carbons (Fsp3) is 0.467. The first kappa shape index (κ1) is 17.0. The van der Waals surface area contributed by atoms with Crippen molar-refractivity contribution in [2.75, 3.05) is 30.9 Å². The molecule has 6 heteroatoms. The molecular formula is C15H24N4O2. The van der Waals surface area contributed by atoms with E-state index in [-0.39, 0.29) is 24.3 Å². The molecule has 0 aliphatic carbocycles. The van der Waals surface area contributed by atoms with Crippen LogP contribution in [0.1, 0.15) is 13.8 Å². The third-order valence-electron chi connectivity index (χ3n) is 3.11. The highest BCUT2D eigenvalue weighted by atomic mass is 16.2. The van der Waals surface area contributed by atoms with Crippen LogP contribution in [0.25, 0.3) is 0 Å². The molecule has 1 aromatic carbocycles. The quantitative estimate of drug-likeness (QED) is 0.723. The summed E-state index contributed by atoms with van der Waals surface area (Å²) in [5.41, 5.74) is 7.43. The lowest BCUT2D eigenvalue weighted by Crippen LogP contribution is -2.46. The smallest absolute Gasteiger partial charge is 0.243 e. The van der Waals surface area contributed by atoms with Crippen molar-refractivity contribution in [3.8, 4) is 0 Å². The van der Waals surface area contributed by atoms with Gasteiger partial charge in [0.05, 0.1) is 12.6 Å². The number of carbonyl (C=O) groups excluding carboxylic acids is 2. The Balaban J connectivity index is 2.45. The minimum Gasteiger partial charge on any atom is -0.378 e. The molecule has 1 aromatic rings. The van der Waals surface area contributed by atoms with Gasteiger partial charge in [0.25, 0.3) is 0 Å². The van der Waals surface area contributed by atoms with E-state index in [9.17, 15) is 9.59 Å². The summed E-state index contributed by atoms with van der Waals surface area (Å²) in [4.78, 5) is 25.4. The molecule has 21 heavy (non-hydrogen) atoms. The second-order valence-electron chi connectivity index (χ2n) is 5.48. The molecule has 0 aliphatic rings. The predicted molar refractivity (Wildman–Crippen MR) is 85.2 cm³/mol. The second-order valence-corrected chi connectivity index (χ2v) is 5.48. The number of hydrogen-bond donors (Lipinski definition) is 3. The van der Waals surface area contributed by atoms with Gasteiger partial charge in [-0.2, -0.15) is 0 Å². The molecule has 1 atom stereocenters. The molecule has 0 saturated carbocycles. The summed E-state index contributed by atoms with van der Waals surface area (Å²) in [6, 6.07) is 6.84. The van der Waals surface area contributed by atoms with Crippen LogP contribution >= 0.6 is 0 Å². The zero-order valence-corrected chi connectivity index (χ0v) is 13.0. The van der Waals surface area contributed by atoms with Crippen molar-refractivity contribution >= 4 is 23.2 Å². The fourth-order valence-corrected chi connectivity index (χ4v) is 1.64. The summed E-state index contributed by atoms with van der Waals surface area (Å²) < 4.78 is 0. The first-order chi connectivity index (χ1) is 9.81. The number of nitrogens with two attached hydrogens (primary N) is 1. The van der Waals surface area contributed by atoms with E-state index in [0.717, 1.165) is 5.69 Å². The zero-order valence-electron chi connectivity index (χ0n) is 13.0. The fourth-order valence-electron chi connectivity index (χ4n) is 1.64. The van der Waals surface area contributed by atoms with E-state index in [0.29, 0.717) is 5.69 Å².